The number of benzene rings is 2. The Balaban J connectivity index is 1.93. The van der Waals surface area contributed by atoms with Crippen molar-refractivity contribution < 1.29 is 23.4 Å². The van der Waals surface area contributed by atoms with Crippen LogP contribution in [0.4, 0.5) is 10.1 Å². The van der Waals surface area contributed by atoms with Crippen molar-refractivity contribution in [2.24, 2.45) is 0 Å². The third kappa shape index (κ3) is 5.72. The summed E-state index contributed by atoms with van der Waals surface area (Å²) in [5, 5.41) is 0. The molecule has 6 nitrogen and oxygen atoms in total. The van der Waals surface area contributed by atoms with Gasteiger partial charge in [-0.15, -0.1) is 0 Å². The Morgan fingerprint density at radius 1 is 1.10 bits per heavy atom. The number of carbonyl (C=O) groups is 1. The Morgan fingerprint density at radius 3 is 2.52 bits per heavy atom. The molecule has 1 heterocycles. The molecule has 0 saturated carbocycles. The van der Waals surface area contributed by atoms with Crippen LogP contribution in [0.15, 0.2) is 60.8 Å². The van der Waals surface area contributed by atoms with E-state index in [9.17, 15) is 9.18 Å². The average molecular weight is 423 g/mol. The fourth-order valence-corrected chi connectivity index (χ4v) is 3.05. The predicted octanol–water partition coefficient (Wildman–Crippen LogP) is 5.09. The number of anilines is 1. The number of hydrogen-bond acceptors (Lipinski definition) is 5. The summed E-state index contributed by atoms with van der Waals surface area (Å²) in [5.74, 6) is 1.82. The molecule has 0 N–H and O–H groups in total. The predicted molar refractivity (Wildman–Crippen MR) is 117 cm³/mol. The molecule has 31 heavy (non-hydrogen) atoms. The van der Waals surface area contributed by atoms with Crippen LogP contribution in [0.1, 0.15) is 18.1 Å². The van der Waals surface area contributed by atoms with Crippen molar-refractivity contribution in [2.75, 3.05) is 25.3 Å². The van der Waals surface area contributed by atoms with E-state index in [0.29, 0.717) is 34.4 Å². The molecule has 0 radical (unpaired) electrons. The molecule has 0 atom stereocenters. The molecular weight excluding hydrogens is 398 g/mol. The maximum absolute atomic E-state index is 12.6. The number of aryl methyl sites for hydroxylation is 1. The van der Waals surface area contributed by atoms with Crippen molar-refractivity contribution in [1.82, 2.24) is 4.98 Å². The number of alkyl halides is 1. The smallest absolute Gasteiger partial charge is 0.243 e. The van der Waals surface area contributed by atoms with Gasteiger partial charge in [0.15, 0.2) is 0 Å². The number of methoxy groups -OCH3 is 1. The summed E-state index contributed by atoms with van der Waals surface area (Å²) in [6, 6.07) is 16.3. The quantitative estimate of drug-likeness (QED) is 0.480. The monoisotopic (exact) mass is 423 g/mol. The van der Waals surface area contributed by atoms with Crippen LogP contribution in [-0.4, -0.2) is 31.3 Å². The maximum atomic E-state index is 12.6. The van der Waals surface area contributed by atoms with Gasteiger partial charge in [0.25, 0.3) is 0 Å². The zero-order chi connectivity index (χ0) is 22.2. The van der Waals surface area contributed by atoms with Gasteiger partial charge in [-0.25, -0.2) is 9.37 Å². The SMILES string of the molecule is COc1ccc(OCC[18F])cc1CN(C(C)=O)c1cccnc1Oc1ccc(C)cc1. The Bertz CT molecular complexity index is 1020. The molecule has 0 saturated heterocycles. The fraction of sp³-hybridized carbons (Fsp3) is 0.250. The van der Waals surface area contributed by atoms with Crippen LogP contribution in [0.25, 0.3) is 0 Å². The van der Waals surface area contributed by atoms with Crippen molar-refractivity contribution in [3.8, 4) is 23.1 Å². The van der Waals surface area contributed by atoms with Gasteiger partial charge in [0.05, 0.1) is 13.7 Å². The van der Waals surface area contributed by atoms with E-state index in [1.807, 2.05) is 31.2 Å². The van der Waals surface area contributed by atoms with E-state index in [-0.39, 0.29) is 19.1 Å². The number of carbonyl (C=O) groups excluding carboxylic acids is 1. The number of ether oxygens (including phenoxy) is 3. The minimum atomic E-state index is -0.587. The summed E-state index contributed by atoms with van der Waals surface area (Å²) in [6.45, 7) is 3.03. The molecule has 1 amide bonds. The largest absolute Gasteiger partial charge is 0.496 e. The van der Waals surface area contributed by atoms with Gasteiger partial charge in [-0.05, 0) is 49.4 Å². The lowest BCUT2D eigenvalue weighted by Crippen LogP contribution is -2.28. The molecular formula is C24H25FN2O4. The average Bonchev–Trinajstić information content (AvgIpc) is 2.78. The maximum Gasteiger partial charge on any atom is 0.243 e. The lowest BCUT2D eigenvalue weighted by atomic mass is 10.1. The van der Waals surface area contributed by atoms with Crippen molar-refractivity contribution in [3.63, 3.8) is 0 Å². The number of hydrogen-bond donors (Lipinski definition) is 0. The van der Waals surface area contributed by atoms with Crippen molar-refractivity contribution in [2.45, 2.75) is 20.4 Å². The molecule has 0 fully saturated rings. The molecule has 3 aromatic rings. The van der Waals surface area contributed by atoms with Crippen LogP contribution >= 0.6 is 0 Å². The van der Waals surface area contributed by atoms with E-state index in [4.69, 9.17) is 14.2 Å². The number of amides is 1. The first-order chi connectivity index (χ1) is 15.0. The second-order valence-corrected chi connectivity index (χ2v) is 6.86. The first-order valence-corrected chi connectivity index (χ1v) is 9.85. The van der Waals surface area contributed by atoms with Crippen LogP contribution in [0, 0.1) is 6.92 Å². The molecule has 1 aromatic heterocycles. The van der Waals surface area contributed by atoms with E-state index in [0.717, 1.165) is 5.56 Å². The first-order valence-electron chi connectivity index (χ1n) is 9.85. The number of rotatable bonds is 9. The first kappa shape index (κ1) is 22.1. The lowest BCUT2D eigenvalue weighted by Gasteiger charge is -2.24. The minimum absolute atomic E-state index is 0.0423. The van der Waals surface area contributed by atoms with Crippen molar-refractivity contribution in [3.05, 3.63) is 71.9 Å². The molecule has 0 aliphatic rings. The van der Waals surface area contributed by atoms with Crippen LogP contribution in [0.2, 0.25) is 0 Å². The van der Waals surface area contributed by atoms with Gasteiger partial charge in [0, 0.05) is 18.7 Å². The van der Waals surface area contributed by atoms with Gasteiger partial charge in [-0.3, -0.25) is 4.79 Å². The highest BCUT2D eigenvalue weighted by Gasteiger charge is 2.20. The summed E-state index contributed by atoms with van der Waals surface area (Å²) < 4.78 is 29.3. The van der Waals surface area contributed by atoms with E-state index < -0.39 is 6.67 Å². The van der Waals surface area contributed by atoms with E-state index in [1.54, 1.807) is 48.5 Å². The molecule has 0 aliphatic carbocycles. The highest BCUT2D eigenvalue weighted by molar-refractivity contribution is 5.92. The second kappa shape index (κ2) is 10.4. The van der Waals surface area contributed by atoms with Crippen LogP contribution < -0.4 is 19.1 Å². The van der Waals surface area contributed by atoms with Crippen LogP contribution in [0.5, 0.6) is 23.1 Å². The Kier molecular flexibility index (Phi) is 7.43. The van der Waals surface area contributed by atoms with Gasteiger partial charge in [-0.1, -0.05) is 17.7 Å². The molecule has 0 spiro atoms. The molecule has 7 heteroatoms. The molecule has 0 unspecified atom stereocenters. The molecule has 3 rings (SSSR count). The summed E-state index contributed by atoms with van der Waals surface area (Å²) in [5.41, 5.74) is 2.34. The van der Waals surface area contributed by atoms with E-state index in [2.05, 4.69) is 4.98 Å². The summed E-state index contributed by atoms with van der Waals surface area (Å²) >= 11 is 0. The minimum Gasteiger partial charge on any atom is -0.496 e. The third-order valence-electron chi connectivity index (χ3n) is 4.58. The molecule has 0 aliphatic heterocycles. The van der Waals surface area contributed by atoms with Gasteiger partial charge < -0.3 is 19.1 Å². The van der Waals surface area contributed by atoms with Crippen molar-refractivity contribution >= 4 is 11.6 Å². The zero-order valence-corrected chi connectivity index (χ0v) is 17.8. The summed E-state index contributed by atoms with van der Waals surface area (Å²) in [7, 11) is 1.55. The highest BCUT2D eigenvalue weighted by Crippen LogP contribution is 2.33. The van der Waals surface area contributed by atoms with E-state index >= 15 is 0 Å². The Labute approximate surface area is 181 Å². The summed E-state index contributed by atoms with van der Waals surface area (Å²) in [6.07, 6.45) is 1.61. The Hall–Kier alpha value is -3.61. The summed E-state index contributed by atoms with van der Waals surface area (Å²) in [4.78, 5) is 18.5. The standard InChI is InChI=1S/C24H25FN2O4/c1-17-6-8-20(9-7-17)31-24-22(5-4-13-26-24)27(18(2)28)16-19-15-21(30-14-12-25)10-11-23(19)29-3/h4-11,13,15H,12,14,16H2,1-3H3/i25-1. The fourth-order valence-electron chi connectivity index (χ4n) is 3.05. The number of aromatic nitrogens is 1. The van der Waals surface area contributed by atoms with Crippen molar-refractivity contribution in [1.29, 1.82) is 0 Å². The normalized spacial score (nSPS) is 10.5. The van der Waals surface area contributed by atoms with Gasteiger partial charge in [0.1, 0.15) is 36.2 Å². The number of halogens is 1. The lowest BCUT2D eigenvalue weighted by molar-refractivity contribution is -0.116. The second-order valence-electron chi connectivity index (χ2n) is 6.86. The van der Waals surface area contributed by atoms with Crippen LogP contribution in [-0.2, 0) is 11.3 Å². The van der Waals surface area contributed by atoms with Gasteiger partial charge in [-0.2, -0.15) is 0 Å². The van der Waals surface area contributed by atoms with Crippen LogP contribution in [0.3, 0.4) is 0 Å². The third-order valence-corrected chi connectivity index (χ3v) is 4.58. The number of nitrogens with zero attached hydrogens (tertiary/aromatic N) is 2. The zero-order valence-electron chi connectivity index (χ0n) is 17.8. The molecule has 2 aromatic carbocycles. The highest BCUT2D eigenvalue weighted by atomic mass is 18.2. The van der Waals surface area contributed by atoms with Gasteiger partial charge >= 0.3 is 0 Å². The van der Waals surface area contributed by atoms with E-state index in [1.165, 1.54) is 6.92 Å². The molecule has 0 bridgehead atoms. The Morgan fingerprint density at radius 2 is 1.84 bits per heavy atom. The molecule has 162 valence electrons. The van der Waals surface area contributed by atoms with Gasteiger partial charge in [0.2, 0.25) is 11.8 Å². The number of pyridine rings is 1. The topological polar surface area (TPSA) is 60.9 Å².